The Morgan fingerprint density at radius 2 is 2.13 bits per heavy atom. The lowest BCUT2D eigenvalue weighted by molar-refractivity contribution is 0.0665. The number of nitrogens with zero attached hydrogens (tertiary/aromatic N) is 6. The lowest BCUT2D eigenvalue weighted by atomic mass is 9.84. The summed E-state index contributed by atoms with van der Waals surface area (Å²) in [6, 6.07) is 6.51. The minimum atomic E-state index is -2.71. The molecule has 10 heteroatoms. The number of hydrogen-bond acceptors (Lipinski definition) is 6. The van der Waals surface area contributed by atoms with Crippen molar-refractivity contribution in [3.05, 3.63) is 53.9 Å². The Morgan fingerprint density at radius 1 is 1.27 bits per heavy atom. The third-order valence-corrected chi connectivity index (χ3v) is 5.73. The molecule has 1 amide bonds. The molecule has 0 unspecified atom stereocenters. The zero-order valence-corrected chi connectivity index (χ0v) is 16.1. The monoisotopic (exact) mass is 412 g/mol. The van der Waals surface area contributed by atoms with Gasteiger partial charge in [0.05, 0.1) is 5.69 Å². The van der Waals surface area contributed by atoms with E-state index in [2.05, 4.69) is 27.0 Å². The van der Waals surface area contributed by atoms with Gasteiger partial charge >= 0.3 is 0 Å². The summed E-state index contributed by atoms with van der Waals surface area (Å²) in [6.07, 6.45) is 0.661. The molecule has 4 heterocycles. The van der Waals surface area contributed by atoms with Crippen molar-refractivity contribution in [2.45, 2.75) is 25.7 Å². The van der Waals surface area contributed by atoms with Crippen molar-refractivity contribution in [1.82, 2.24) is 29.5 Å². The zero-order valence-electron chi connectivity index (χ0n) is 16.1. The lowest BCUT2D eigenvalue weighted by Gasteiger charge is -2.37. The van der Waals surface area contributed by atoms with E-state index in [4.69, 9.17) is 4.42 Å². The van der Waals surface area contributed by atoms with Crippen molar-refractivity contribution >= 4 is 22.8 Å². The number of aromatic nitrogens is 5. The predicted octanol–water partition coefficient (Wildman–Crippen LogP) is 3.47. The van der Waals surface area contributed by atoms with Gasteiger partial charge < -0.3 is 9.32 Å². The molecular weight excluding hydrogens is 394 g/mol. The summed E-state index contributed by atoms with van der Waals surface area (Å²) in [5.41, 5.74) is 1.98. The molecule has 0 N–H and O–H groups in total. The van der Waals surface area contributed by atoms with Gasteiger partial charge in [0, 0.05) is 24.6 Å². The number of piperidine rings is 1. The summed E-state index contributed by atoms with van der Waals surface area (Å²) in [4.78, 5) is 26.8. The highest BCUT2D eigenvalue weighted by atomic mass is 19.3. The van der Waals surface area contributed by atoms with E-state index in [9.17, 15) is 13.6 Å². The van der Waals surface area contributed by atoms with Crippen molar-refractivity contribution in [3.8, 4) is 0 Å². The Hall–Kier alpha value is -3.43. The molecule has 1 aliphatic rings. The number of alkyl halides is 2. The van der Waals surface area contributed by atoms with E-state index in [1.54, 1.807) is 23.1 Å². The topological polar surface area (TPSA) is 89.4 Å². The molecular formula is C20H18F2N6O2. The number of amides is 1. The van der Waals surface area contributed by atoms with Crippen LogP contribution in [-0.4, -0.2) is 48.5 Å². The molecule has 30 heavy (non-hydrogen) atoms. The molecule has 2 atom stereocenters. The van der Waals surface area contributed by atoms with Crippen LogP contribution in [0.2, 0.25) is 0 Å². The standard InChI is InChI=1S/C20H18F2N6O2/c1-11-4-5-27(19(29)12-2-3-14-17(6-12)30-10-24-14)8-13(11)16-7-15(18(21)22)26-20-23-9-25-28(16)20/h2-3,6-7,9-11,13,18H,4-5,8H2,1H3/t11-,13-/m1/s1. The molecule has 1 aliphatic heterocycles. The van der Waals surface area contributed by atoms with Crippen LogP contribution in [0.5, 0.6) is 0 Å². The average molecular weight is 412 g/mol. The number of rotatable bonds is 3. The summed E-state index contributed by atoms with van der Waals surface area (Å²) < 4.78 is 33.5. The zero-order chi connectivity index (χ0) is 20.8. The number of oxazole rings is 1. The quantitative estimate of drug-likeness (QED) is 0.512. The summed E-state index contributed by atoms with van der Waals surface area (Å²) in [7, 11) is 0. The minimum Gasteiger partial charge on any atom is -0.443 e. The number of carbonyl (C=O) groups excluding carboxylic acids is 1. The fourth-order valence-electron chi connectivity index (χ4n) is 4.04. The minimum absolute atomic E-state index is 0.134. The number of benzene rings is 1. The van der Waals surface area contributed by atoms with Crippen molar-refractivity contribution in [3.63, 3.8) is 0 Å². The molecule has 0 spiro atoms. The molecule has 5 rings (SSSR count). The van der Waals surface area contributed by atoms with Crippen LogP contribution >= 0.6 is 0 Å². The predicted molar refractivity (Wildman–Crippen MR) is 102 cm³/mol. The van der Waals surface area contributed by atoms with Crippen molar-refractivity contribution in [2.24, 2.45) is 5.92 Å². The first-order valence-corrected chi connectivity index (χ1v) is 9.62. The summed E-state index contributed by atoms with van der Waals surface area (Å²) in [5, 5.41) is 4.16. The number of halogens is 2. The van der Waals surface area contributed by atoms with E-state index in [0.29, 0.717) is 35.4 Å². The van der Waals surface area contributed by atoms with Gasteiger partial charge in [-0.3, -0.25) is 4.79 Å². The Kier molecular flexibility index (Phi) is 4.41. The number of likely N-dealkylation sites (tertiary alicyclic amines) is 1. The van der Waals surface area contributed by atoms with Crippen LogP contribution in [0.25, 0.3) is 16.9 Å². The second kappa shape index (κ2) is 7.12. The molecule has 154 valence electrons. The maximum atomic E-state index is 13.4. The largest absolute Gasteiger partial charge is 0.443 e. The lowest BCUT2D eigenvalue weighted by Crippen LogP contribution is -2.42. The van der Waals surface area contributed by atoms with E-state index in [1.807, 2.05) is 0 Å². The van der Waals surface area contributed by atoms with Gasteiger partial charge in [-0.05, 0) is 36.6 Å². The van der Waals surface area contributed by atoms with E-state index < -0.39 is 6.43 Å². The van der Waals surface area contributed by atoms with Crippen LogP contribution < -0.4 is 0 Å². The molecule has 0 aliphatic carbocycles. The summed E-state index contributed by atoms with van der Waals surface area (Å²) in [6.45, 7) is 3.02. The van der Waals surface area contributed by atoms with Crippen LogP contribution in [0, 0.1) is 5.92 Å². The Labute approximate surface area is 169 Å². The Balaban J connectivity index is 1.48. The number of carbonyl (C=O) groups is 1. The summed E-state index contributed by atoms with van der Waals surface area (Å²) in [5.74, 6) is -0.00932. The molecule has 1 aromatic carbocycles. The number of fused-ring (bicyclic) bond motifs is 2. The van der Waals surface area contributed by atoms with Gasteiger partial charge in [0.1, 0.15) is 17.5 Å². The second-order valence-electron chi connectivity index (χ2n) is 7.54. The van der Waals surface area contributed by atoms with Crippen molar-refractivity contribution in [1.29, 1.82) is 0 Å². The first-order valence-electron chi connectivity index (χ1n) is 9.62. The van der Waals surface area contributed by atoms with E-state index in [-0.39, 0.29) is 29.2 Å². The van der Waals surface area contributed by atoms with Crippen LogP contribution in [0.1, 0.15) is 47.4 Å². The molecule has 3 aromatic heterocycles. The average Bonchev–Trinajstić information content (AvgIpc) is 3.41. The van der Waals surface area contributed by atoms with Gasteiger partial charge in [-0.2, -0.15) is 10.1 Å². The smallest absolute Gasteiger partial charge is 0.280 e. The third-order valence-electron chi connectivity index (χ3n) is 5.73. The highest BCUT2D eigenvalue weighted by Gasteiger charge is 2.33. The van der Waals surface area contributed by atoms with Crippen LogP contribution in [0.3, 0.4) is 0 Å². The van der Waals surface area contributed by atoms with Gasteiger partial charge in [-0.25, -0.2) is 23.3 Å². The van der Waals surface area contributed by atoms with Crippen LogP contribution in [0.4, 0.5) is 8.78 Å². The molecule has 0 radical (unpaired) electrons. The van der Waals surface area contributed by atoms with Crippen LogP contribution in [0.15, 0.2) is 41.4 Å². The maximum Gasteiger partial charge on any atom is 0.280 e. The normalized spacial score (nSPS) is 19.8. The third kappa shape index (κ3) is 3.08. The molecule has 4 aromatic rings. The van der Waals surface area contributed by atoms with Crippen LogP contribution in [-0.2, 0) is 0 Å². The van der Waals surface area contributed by atoms with E-state index >= 15 is 0 Å². The van der Waals surface area contributed by atoms with E-state index in [1.165, 1.54) is 23.3 Å². The van der Waals surface area contributed by atoms with Gasteiger partial charge in [0.2, 0.25) is 0 Å². The van der Waals surface area contributed by atoms with Gasteiger partial charge in [-0.15, -0.1) is 0 Å². The first-order chi connectivity index (χ1) is 14.5. The van der Waals surface area contributed by atoms with Crippen molar-refractivity contribution in [2.75, 3.05) is 13.1 Å². The second-order valence-corrected chi connectivity index (χ2v) is 7.54. The highest BCUT2D eigenvalue weighted by Crippen LogP contribution is 2.34. The molecule has 0 saturated carbocycles. The number of hydrogen-bond donors (Lipinski definition) is 0. The molecule has 1 saturated heterocycles. The van der Waals surface area contributed by atoms with E-state index in [0.717, 1.165) is 6.42 Å². The highest BCUT2D eigenvalue weighted by molar-refractivity contribution is 5.97. The van der Waals surface area contributed by atoms with Gasteiger partial charge in [0.25, 0.3) is 18.1 Å². The Bertz CT molecular complexity index is 1240. The first kappa shape index (κ1) is 18.6. The SMILES string of the molecule is C[C@@H]1CCN(C(=O)c2ccc3ncoc3c2)C[C@H]1c1cc(C(F)F)nc2ncnn12. The fraction of sp³-hybridized carbons (Fsp3) is 0.350. The molecule has 1 fully saturated rings. The maximum absolute atomic E-state index is 13.4. The van der Waals surface area contributed by atoms with Gasteiger partial charge in [-0.1, -0.05) is 6.92 Å². The van der Waals surface area contributed by atoms with Gasteiger partial charge in [0.15, 0.2) is 12.0 Å². The summed E-state index contributed by atoms with van der Waals surface area (Å²) >= 11 is 0. The Morgan fingerprint density at radius 3 is 2.97 bits per heavy atom. The van der Waals surface area contributed by atoms with Crippen molar-refractivity contribution < 1.29 is 18.0 Å². The fourth-order valence-corrected chi connectivity index (χ4v) is 4.04. The molecule has 8 nitrogen and oxygen atoms in total. The molecule has 0 bridgehead atoms.